The smallest absolute Gasteiger partial charge is 0.00384 e. The zero-order valence-electron chi connectivity index (χ0n) is 9.93. The summed E-state index contributed by atoms with van der Waals surface area (Å²) in [6.45, 7) is 11.4. The van der Waals surface area contributed by atoms with Crippen molar-refractivity contribution >= 4 is 0 Å². The van der Waals surface area contributed by atoms with Crippen molar-refractivity contribution in [1.82, 2.24) is 10.2 Å². The number of hydrogen-bond acceptors (Lipinski definition) is 2. The molecule has 0 rings (SSSR count). The molecule has 0 bridgehead atoms. The standard InChI is InChI=1S/C11H26N2/c1-6-13(10(2)3)9-7-8-11(4)12-5/h10-12H,6-9H2,1-5H3. The number of nitrogens with zero attached hydrogens (tertiary/aromatic N) is 1. The zero-order chi connectivity index (χ0) is 10.3. The first kappa shape index (κ1) is 12.9. The maximum Gasteiger partial charge on any atom is 0.00384 e. The minimum absolute atomic E-state index is 0.658. The number of rotatable bonds is 7. The molecule has 0 amide bonds. The molecule has 80 valence electrons. The van der Waals surface area contributed by atoms with Gasteiger partial charge >= 0.3 is 0 Å². The van der Waals surface area contributed by atoms with Gasteiger partial charge in [0.25, 0.3) is 0 Å². The molecule has 0 aromatic carbocycles. The lowest BCUT2D eigenvalue weighted by Crippen LogP contribution is -2.32. The molecule has 0 aromatic rings. The highest BCUT2D eigenvalue weighted by molar-refractivity contribution is 4.63. The van der Waals surface area contributed by atoms with E-state index in [9.17, 15) is 0 Å². The molecule has 0 saturated carbocycles. The van der Waals surface area contributed by atoms with E-state index in [-0.39, 0.29) is 0 Å². The summed E-state index contributed by atoms with van der Waals surface area (Å²) in [4.78, 5) is 2.52. The molecule has 0 aromatic heterocycles. The maximum atomic E-state index is 3.27. The molecule has 0 aliphatic carbocycles. The Hall–Kier alpha value is -0.0800. The van der Waals surface area contributed by atoms with Gasteiger partial charge in [0.2, 0.25) is 0 Å². The lowest BCUT2D eigenvalue weighted by Gasteiger charge is -2.25. The third-order valence-corrected chi connectivity index (χ3v) is 2.71. The van der Waals surface area contributed by atoms with Crippen LogP contribution >= 0.6 is 0 Å². The van der Waals surface area contributed by atoms with Crippen LogP contribution in [0, 0.1) is 0 Å². The second-order valence-corrected chi connectivity index (χ2v) is 4.05. The Morgan fingerprint density at radius 1 is 1.23 bits per heavy atom. The fourth-order valence-electron chi connectivity index (χ4n) is 1.53. The van der Waals surface area contributed by atoms with Crippen molar-refractivity contribution in [2.24, 2.45) is 0 Å². The molecule has 13 heavy (non-hydrogen) atoms. The van der Waals surface area contributed by atoms with Crippen LogP contribution in [-0.4, -0.2) is 37.1 Å². The van der Waals surface area contributed by atoms with E-state index < -0.39 is 0 Å². The van der Waals surface area contributed by atoms with Crippen LogP contribution in [0.2, 0.25) is 0 Å². The molecule has 2 nitrogen and oxygen atoms in total. The van der Waals surface area contributed by atoms with Crippen molar-refractivity contribution < 1.29 is 0 Å². The first-order chi connectivity index (χ1) is 6.11. The predicted molar refractivity (Wildman–Crippen MR) is 60.1 cm³/mol. The largest absolute Gasteiger partial charge is 0.317 e. The summed E-state index contributed by atoms with van der Waals surface area (Å²) in [5.74, 6) is 0. The third-order valence-electron chi connectivity index (χ3n) is 2.71. The van der Waals surface area contributed by atoms with E-state index in [1.807, 2.05) is 7.05 Å². The van der Waals surface area contributed by atoms with Crippen LogP contribution in [0.25, 0.3) is 0 Å². The first-order valence-electron chi connectivity index (χ1n) is 5.53. The van der Waals surface area contributed by atoms with Gasteiger partial charge in [0.15, 0.2) is 0 Å². The van der Waals surface area contributed by atoms with Crippen LogP contribution in [0.15, 0.2) is 0 Å². The van der Waals surface area contributed by atoms with Gasteiger partial charge in [-0.1, -0.05) is 6.92 Å². The van der Waals surface area contributed by atoms with Crippen LogP contribution < -0.4 is 5.32 Å². The van der Waals surface area contributed by atoms with Gasteiger partial charge in [0.1, 0.15) is 0 Å². The van der Waals surface area contributed by atoms with Crippen molar-refractivity contribution in [1.29, 1.82) is 0 Å². The van der Waals surface area contributed by atoms with Gasteiger partial charge in [-0.2, -0.15) is 0 Å². The fourth-order valence-corrected chi connectivity index (χ4v) is 1.53. The second-order valence-electron chi connectivity index (χ2n) is 4.05. The summed E-state index contributed by atoms with van der Waals surface area (Å²) < 4.78 is 0. The van der Waals surface area contributed by atoms with Crippen molar-refractivity contribution in [2.45, 2.75) is 52.6 Å². The van der Waals surface area contributed by atoms with E-state index in [0.717, 1.165) is 0 Å². The molecule has 0 radical (unpaired) electrons. The van der Waals surface area contributed by atoms with Crippen LogP contribution in [0.3, 0.4) is 0 Å². The van der Waals surface area contributed by atoms with Crippen molar-refractivity contribution in [3.63, 3.8) is 0 Å². The minimum atomic E-state index is 0.658. The van der Waals surface area contributed by atoms with E-state index in [0.29, 0.717) is 12.1 Å². The van der Waals surface area contributed by atoms with E-state index in [4.69, 9.17) is 0 Å². The first-order valence-corrected chi connectivity index (χ1v) is 5.53. The van der Waals surface area contributed by atoms with E-state index in [1.54, 1.807) is 0 Å². The molecular weight excluding hydrogens is 160 g/mol. The van der Waals surface area contributed by atoms with Crippen molar-refractivity contribution in [3.05, 3.63) is 0 Å². The highest BCUT2D eigenvalue weighted by atomic mass is 15.1. The molecule has 0 aliphatic heterocycles. The highest BCUT2D eigenvalue weighted by Gasteiger charge is 2.06. The summed E-state index contributed by atoms with van der Waals surface area (Å²) in [6, 6.07) is 1.35. The monoisotopic (exact) mass is 186 g/mol. The Labute approximate surface area is 83.7 Å². The normalized spacial score (nSPS) is 14.1. The molecular formula is C11H26N2. The van der Waals surface area contributed by atoms with Gasteiger partial charge in [0.05, 0.1) is 0 Å². The Morgan fingerprint density at radius 2 is 1.85 bits per heavy atom. The van der Waals surface area contributed by atoms with Crippen LogP contribution in [0.5, 0.6) is 0 Å². The average molecular weight is 186 g/mol. The Morgan fingerprint density at radius 3 is 2.23 bits per heavy atom. The SMILES string of the molecule is CCN(CCCC(C)NC)C(C)C. The Kier molecular flexibility index (Phi) is 7.29. The van der Waals surface area contributed by atoms with Crippen molar-refractivity contribution in [2.75, 3.05) is 20.1 Å². The summed E-state index contributed by atoms with van der Waals surface area (Å²) in [6.07, 6.45) is 2.58. The molecule has 0 saturated heterocycles. The van der Waals surface area contributed by atoms with E-state index in [2.05, 4.69) is 37.9 Å². The van der Waals surface area contributed by atoms with Crippen LogP contribution in [0.1, 0.15) is 40.5 Å². The van der Waals surface area contributed by atoms with Crippen molar-refractivity contribution in [3.8, 4) is 0 Å². The third kappa shape index (κ3) is 6.05. The molecule has 0 spiro atoms. The Bertz CT molecular complexity index is 113. The van der Waals surface area contributed by atoms with Gasteiger partial charge < -0.3 is 10.2 Å². The molecule has 0 fully saturated rings. The lowest BCUT2D eigenvalue weighted by molar-refractivity contribution is 0.226. The van der Waals surface area contributed by atoms with Gasteiger partial charge in [-0.05, 0) is 53.8 Å². The van der Waals surface area contributed by atoms with Crippen LogP contribution in [-0.2, 0) is 0 Å². The van der Waals surface area contributed by atoms with Crippen LogP contribution in [0.4, 0.5) is 0 Å². The Balaban J connectivity index is 3.49. The van der Waals surface area contributed by atoms with Gasteiger partial charge in [0, 0.05) is 12.1 Å². The lowest BCUT2D eigenvalue weighted by atomic mass is 10.1. The van der Waals surface area contributed by atoms with E-state index in [1.165, 1.54) is 25.9 Å². The minimum Gasteiger partial charge on any atom is -0.317 e. The van der Waals surface area contributed by atoms with E-state index >= 15 is 0 Å². The molecule has 1 N–H and O–H groups in total. The zero-order valence-corrected chi connectivity index (χ0v) is 9.93. The highest BCUT2D eigenvalue weighted by Crippen LogP contribution is 2.02. The number of nitrogens with one attached hydrogen (secondary N) is 1. The fraction of sp³-hybridized carbons (Fsp3) is 1.00. The van der Waals surface area contributed by atoms with Gasteiger partial charge in [-0.15, -0.1) is 0 Å². The van der Waals surface area contributed by atoms with Gasteiger partial charge in [-0.25, -0.2) is 0 Å². The summed E-state index contributed by atoms with van der Waals surface area (Å²) in [5.41, 5.74) is 0. The molecule has 1 atom stereocenters. The average Bonchev–Trinajstić information content (AvgIpc) is 2.11. The topological polar surface area (TPSA) is 15.3 Å². The molecule has 0 heterocycles. The quantitative estimate of drug-likeness (QED) is 0.655. The predicted octanol–water partition coefficient (Wildman–Crippen LogP) is 2.10. The second kappa shape index (κ2) is 7.34. The summed E-state index contributed by atoms with van der Waals surface area (Å²) in [5, 5.41) is 3.27. The van der Waals surface area contributed by atoms with Gasteiger partial charge in [-0.3, -0.25) is 0 Å². The maximum absolute atomic E-state index is 3.27. The number of hydrogen-bond donors (Lipinski definition) is 1. The summed E-state index contributed by atoms with van der Waals surface area (Å²) in [7, 11) is 2.03. The molecule has 1 unspecified atom stereocenters. The summed E-state index contributed by atoms with van der Waals surface area (Å²) >= 11 is 0. The molecule has 2 heteroatoms. The molecule has 0 aliphatic rings.